The maximum atomic E-state index is 12.7. The molecule has 0 bridgehead atoms. The lowest BCUT2D eigenvalue weighted by Gasteiger charge is -2.35. The molecule has 0 aliphatic rings. The number of aldehydes is 1. The fraction of sp³-hybridized carbons (Fsp3) is 0.520. The Morgan fingerprint density at radius 2 is 1.55 bits per heavy atom. The quantitative estimate of drug-likeness (QED) is 0.192. The summed E-state index contributed by atoms with van der Waals surface area (Å²) in [6.45, 7) is 8.75. The fourth-order valence-corrected chi connectivity index (χ4v) is 3.46. The number of likely N-dealkylation sites (N-methyl/N-ethyl adjacent to an activating group) is 1. The van der Waals surface area contributed by atoms with Crippen LogP contribution in [0.15, 0.2) is 36.4 Å². The van der Waals surface area contributed by atoms with E-state index in [4.69, 9.17) is 14.2 Å². The molecular weight excluding hydrogens is 426 g/mol. The number of carbonyl (C=O) groups is 4. The number of amides is 1. The molecule has 0 heterocycles. The number of rotatable bonds is 13. The van der Waals surface area contributed by atoms with Gasteiger partial charge in [-0.25, -0.2) is 9.59 Å². The fourth-order valence-electron chi connectivity index (χ4n) is 3.46. The van der Waals surface area contributed by atoms with E-state index in [0.717, 1.165) is 0 Å². The van der Waals surface area contributed by atoms with Gasteiger partial charge >= 0.3 is 11.9 Å². The number of ether oxygens (including phenoxy) is 3. The number of hydrogen-bond donors (Lipinski definition) is 0. The van der Waals surface area contributed by atoms with Gasteiger partial charge in [0.25, 0.3) is 0 Å². The number of nitrogens with zero attached hydrogens (tertiary/aromatic N) is 1. The van der Waals surface area contributed by atoms with E-state index in [9.17, 15) is 19.2 Å². The van der Waals surface area contributed by atoms with Gasteiger partial charge in [-0.1, -0.05) is 13.8 Å². The molecule has 0 unspecified atom stereocenters. The average molecular weight is 462 g/mol. The summed E-state index contributed by atoms with van der Waals surface area (Å²) in [6, 6.07) is 6.11. The molecule has 8 nitrogen and oxygen atoms in total. The van der Waals surface area contributed by atoms with E-state index in [2.05, 4.69) is 0 Å². The highest BCUT2D eigenvalue weighted by atomic mass is 16.6. The summed E-state index contributed by atoms with van der Waals surface area (Å²) in [7, 11) is 3.20. The van der Waals surface area contributed by atoms with Crippen LogP contribution in [-0.4, -0.2) is 68.5 Å². The second-order valence-electron chi connectivity index (χ2n) is 9.20. The van der Waals surface area contributed by atoms with E-state index < -0.39 is 17.5 Å². The summed E-state index contributed by atoms with van der Waals surface area (Å²) in [5, 5.41) is 0. The zero-order valence-corrected chi connectivity index (χ0v) is 20.4. The van der Waals surface area contributed by atoms with Gasteiger partial charge in [-0.05, 0) is 62.4 Å². The Balaban J connectivity index is 2.66. The van der Waals surface area contributed by atoms with E-state index in [1.165, 1.54) is 43.5 Å². The normalized spacial score (nSPS) is 11.8. The molecule has 0 atom stereocenters. The molecule has 0 aromatic heterocycles. The molecule has 1 aromatic carbocycles. The average Bonchev–Trinajstić information content (AvgIpc) is 2.74. The molecule has 0 aliphatic heterocycles. The molecule has 0 aliphatic carbocycles. The molecule has 0 saturated carbocycles. The van der Waals surface area contributed by atoms with Gasteiger partial charge in [0, 0.05) is 26.8 Å². The molecule has 1 rings (SSSR count). The molecule has 8 heteroatoms. The highest BCUT2D eigenvalue weighted by molar-refractivity contribution is 5.93. The summed E-state index contributed by atoms with van der Waals surface area (Å²) in [5.74, 6) is -1.21. The Kier molecular flexibility index (Phi) is 10.9. The summed E-state index contributed by atoms with van der Waals surface area (Å²) in [6.07, 6.45) is 4.22. The van der Waals surface area contributed by atoms with Gasteiger partial charge in [-0.2, -0.15) is 0 Å². The van der Waals surface area contributed by atoms with E-state index in [0.29, 0.717) is 43.4 Å². The maximum absolute atomic E-state index is 12.7. The van der Waals surface area contributed by atoms with Crippen LogP contribution in [0.2, 0.25) is 0 Å². The van der Waals surface area contributed by atoms with E-state index in [1.54, 1.807) is 11.9 Å². The zero-order valence-electron chi connectivity index (χ0n) is 20.4. The SMILES string of the molecule is COCCOC(=O)c1ccc(C(=O)OC(C)(C)CC(C)(C)CCN(C)C(=O)/C=C\C=O)cc1. The van der Waals surface area contributed by atoms with E-state index in [-0.39, 0.29) is 17.9 Å². The highest BCUT2D eigenvalue weighted by Gasteiger charge is 2.32. The number of esters is 2. The first-order valence-electron chi connectivity index (χ1n) is 10.8. The van der Waals surface area contributed by atoms with Crippen LogP contribution in [-0.2, 0) is 23.8 Å². The van der Waals surface area contributed by atoms with Crippen molar-refractivity contribution in [2.24, 2.45) is 5.41 Å². The van der Waals surface area contributed by atoms with Gasteiger partial charge in [0.05, 0.1) is 17.7 Å². The summed E-state index contributed by atoms with van der Waals surface area (Å²) >= 11 is 0. The molecule has 1 amide bonds. The van der Waals surface area contributed by atoms with Crippen LogP contribution in [0.1, 0.15) is 61.3 Å². The van der Waals surface area contributed by atoms with E-state index >= 15 is 0 Å². The number of benzene rings is 1. The van der Waals surface area contributed by atoms with Crippen LogP contribution in [0.25, 0.3) is 0 Å². The lowest BCUT2D eigenvalue weighted by molar-refractivity contribution is -0.125. The van der Waals surface area contributed by atoms with Crippen molar-refractivity contribution in [3.05, 3.63) is 47.5 Å². The minimum atomic E-state index is -0.752. The van der Waals surface area contributed by atoms with Crippen molar-refractivity contribution in [2.75, 3.05) is 33.9 Å². The third-order valence-electron chi connectivity index (χ3n) is 4.97. The predicted molar refractivity (Wildman–Crippen MR) is 124 cm³/mol. The monoisotopic (exact) mass is 461 g/mol. The van der Waals surface area contributed by atoms with Gasteiger partial charge in [0.1, 0.15) is 18.5 Å². The number of allylic oxidation sites excluding steroid dienone is 1. The van der Waals surface area contributed by atoms with E-state index in [1.807, 2.05) is 27.7 Å². The van der Waals surface area contributed by atoms with Gasteiger partial charge < -0.3 is 19.1 Å². The molecule has 0 radical (unpaired) electrons. The molecule has 0 spiro atoms. The van der Waals surface area contributed by atoms with Crippen molar-refractivity contribution < 1.29 is 33.4 Å². The Bertz CT molecular complexity index is 841. The van der Waals surface area contributed by atoms with Crippen molar-refractivity contribution in [1.82, 2.24) is 4.90 Å². The van der Waals surface area contributed by atoms with Crippen molar-refractivity contribution in [3.8, 4) is 0 Å². The maximum Gasteiger partial charge on any atom is 0.338 e. The Hall–Kier alpha value is -3.00. The Morgan fingerprint density at radius 3 is 2.09 bits per heavy atom. The van der Waals surface area contributed by atoms with Gasteiger partial charge in [-0.15, -0.1) is 0 Å². The molecule has 1 aromatic rings. The van der Waals surface area contributed by atoms with Crippen LogP contribution < -0.4 is 0 Å². The molecule has 0 N–H and O–H groups in total. The smallest absolute Gasteiger partial charge is 0.338 e. The number of methoxy groups -OCH3 is 1. The molecule has 0 fully saturated rings. The largest absolute Gasteiger partial charge is 0.460 e. The van der Waals surface area contributed by atoms with Crippen LogP contribution in [0, 0.1) is 5.41 Å². The third kappa shape index (κ3) is 10.4. The predicted octanol–water partition coefficient (Wildman–Crippen LogP) is 3.45. The zero-order chi connectivity index (χ0) is 25.1. The van der Waals surface area contributed by atoms with Gasteiger partial charge in [0.15, 0.2) is 0 Å². The molecular formula is C25H35NO7. The molecule has 182 valence electrons. The minimum Gasteiger partial charge on any atom is -0.460 e. The molecule has 0 saturated heterocycles. The Morgan fingerprint density at radius 1 is 0.970 bits per heavy atom. The number of carbonyl (C=O) groups excluding carboxylic acids is 4. The van der Waals surface area contributed by atoms with Crippen LogP contribution >= 0.6 is 0 Å². The molecule has 33 heavy (non-hydrogen) atoms. The Labute approximate surface area is 195 Å². The first-order valence-corrected chi connectivity index (χ1v) is 10.8. The van der Waals surface area contributed by atoms with Crippen LogP contribution in [0.3, 0.4) is 0 Å². The summed E-state index contributed by atoms with van der Waals surface area (Å²) in [4.78, 5) is 48.4. The minimum absolute atomic E-state index is 0.155. The highest BCUT2D eigenvalue weighted by Crippen LogP contribution is 2.34. The van der Waals surface area contributed by atoms with Crippen molar-refractivity contribution in [1.29, 1.82) is 0 Å². The van der Waals surface area contributed by atoms with Crippen LogP contribution in [0.4, 0.5) is 0 Å². The number of hydrogen-bond acceptors (Lipinski definition) is 7. The summed E-state index contributed by atoms with van der Waals surface area (Å²) < 4.78 is 15.6. The second kappa shape index (κ2) is 12.9. The first-order chi connectivity index (χ1) is 15.4. The topological polar surface area (TPSA) is 99.2 Å². The second-order valence-corrected chi connectivity index (χ2v) is 9.20. The van der Waals surface area contributed by atoms with Crippen molar-refractivity contribution in [2.45, 2.75) is 46.1 Å². The standard InChI is InChI=1S/C25H35NO7/c1-24(2,13-14-26(5)21(28)8-7-15-27)18-25(3,4)33-23(30)20-11-9-19(10-12-20)22(29)32-17-16-31-6/h7-12,15H,13-14,16-18H2,1-6H3/b8-7-. The van der Waals surface area contributed by atoms with Crippen molar-refractivity contribution in [3.63, 3.8) is 0 Å². The third-order valence-corrected chi connectivity index (χ3v) is 4.97. The summed E-state index contributed by atoms with van der Waals surface area (Å²) in [5.41, 5.74) is -0.299. The first kappa shape index (κ1) is 28.0. The van der Waals surface area contributed by atoms with Crippen molar-refractivity contribution >= 4 is 24.1 Å². The van der Waals surface area contributed by atoms with Crippen LogP contribution in [0.5, 0.6) is 0 Å². The lowest BCUT2D eigenvalue weighted by Crippen LogP contribution is -2.36. The lowest BCUT2D eigenvalue weighted by atomic mass is 9.79. The van der Waals surface area contributed by atoms with Gasteiger partial charge in [0.2, 0.25) is 5.91 Å². The van der Waals surface area contributed by atoms with Gasteiger partial charge in [-0.3, -0.25) is 9.59 Å².